The van der Waals surface area contributed by atoms with Crippen LogP contribution in [0.25, 0.3) is 0 Å². The quantitative estimate of drug-likeness (QED) is 0.169. The molecule has 0 saturated carbocycles. The van der Waals surface area contributed by atoms with E-state index in [9.17, 15) is 9.90 Å². The van der Waals surface area contributed by atoms with E-state index in [4.69, 9.17) is 4.74 Å². The summed E-state index contributed by atoms with van der Waals surface area (Å²) in [4.78, 5) is 10.7. The Labute approximate surface area is 173 Å². The second-order valence-electron chi connectivity index (χ2n) is 8.42. The molecule has 1 aliphatic carbocycles. The van der Waals surface area contributed by atoms with Crippen LogP contribution in [0, 0.1) is 11.8 Å². The first-order valence-corrected chi connectivity index (χ1v) is 11.8. The molecule has 0 fully saturated rings. The van der Waals surface area contributed by atoms with E-state index in [1.807, 2.05) is 0 Å². The van der Waals surface area contributed by atoms with Crippen LogP contribution >= 0.6 is 0 Å². The van der Waals surface area contributed by atoms with Gasteiger partial charge in [0, 0.05) is 6.92 Å². The van der Waals surface area contributed by atoms with Crippen molar-refractivity contribution in [3.05, 3.63) is 24.3 Å². The van der Waals surface area contributed by atoms with Crippen LogP contribution in [-0.2, 0) is 9.53 Å². The minimum absolute atomic E-state index is 0.169. The van der Waals surface area contributed by atoms with Crippen molar-refractivity contribution in [2.75, 3.05) is 6.61 Å². The Bertz CT molecular complexity index is 441. The fourth-order valence-corrected chi connectivity index (χ4v) is 4.01. The molecule has 0 aliphatic heterocycles. The lowest BCUT2D eigenvalue weighted by Gasteiger charge is -2.16. The van der Waals surface area contributed by atoms with Gasteiger partial charge >= 0.3 is 5.97 Å². The molecule has 0 aromatic heterocycles. The summed E-state index contributed by atoms with van der Waals surface area (Å²) in [5.74, 6) is 1.15. The number of hydrogen-bond donors (Lipinski definition) is 1. The summed E-state index contributed by atoms with van der Waals surface area (Å²) >= 11 is 0. The van der Waals surface area contributed by atoms with Crippen LogP contribution in [0.5, 0.6) is 0 Å². The van der Waals surface area contributed by atoms with Gasteiger partial charge in [0.1, 0.15) is 0 Å². The predicted octanol–water partition coefficient (Wildman–Crippen LogP) is 6.75. The van der Waals surface area contributed by atoms with Crippen LogP contribution in [0.2, 0.25) is 0 Å². The van der Waals surface area contributed by atoms with Crippen LogP contribution in [0.3, 0.4) is 0 Å². The first kappa shape index (κ1) is 24.9. The summed E-state index contributed by atoms with van der Waals surface area (Å²) < 4.78 is 4.96. The third-order valence-electron chi connectivity index (χ3n) is 5.77. The van der Waals surface area contributed by atoms with Gasteiger partial charge in [-0.25, -0.2) is 0 Å². The molecule has 1 rings (SSSR count). The molecule has 0 amide bonds. The highest BCUT2D eigenvalue weighted by Crippen LogP contribution is 2.31. The van der Waals surface area contributed by atoms with E-state index >= 15 is 0 Å². The maximum Gasteiger partial charge on any atom is 0.302 e. The summed E-state index contributed by atoms with van der Waals surface area (Å²) in [5, 5.41) is 10.1. The van der Waals surface area contributed by atoms with Gasteiger partial charge in [0.25, 0.3) is 0 Å². The zero-order valence-corrected chi connectivity index (χ0v) is 18.4. The lowest BCUT2D eigenvalue weighted by molar-refractivity contribution is -0.141. The minimum atomic E-state index is -0.171. The fourth-order valence-electron chi connectivity index (χ4n) is 4.01. The number of allylic oxidation sites excluding steroid dienone is 3. The zero-order valence-electron chi connectivity index (χ0n) is 18.4. The van der Waals surface area contributed by atoms with Crippen molar-refractivity contribution in [2.45, 2.75) is 110 Å². The van der Waals surface area contributed by atoms with Crippen molar-refractivity contribution < 1.29 is 14.6 Å². The van der Waals surface area contributed by atoms with Gasteiger partial charge in [-0.1, -0.05) is 89.0 Å². The van der Waals surface area contributed by atoms with E-state index in [-0.39, 0.29) is 12.1 Å². The number of esters is 1. The molecule has 3 heteroatoms. The molecule has 1 N–H and O–H groups in total. The SMILES string of the molecule is CCCCCCC(O)C/C=C/[C@H]1C=CC[C@@H]1CCCCCCCCOC(C)=O. The Hall–Kier alpha value is -1.09. The first-order chi connectivity index (χ1) is 13.6. The maximum atomic E-state index is 10.7. The van der Waals surface area contributed by atoms with Gasteiger partial charge in [-0.2, -0.15) is 0 Å². The topological polar surface area (TPSA) is 46.5 Å². The van der Waals surface area contributed by atoms with Gasteiger partial charge < -0.3 is 9.84 Å². The number of ether oxygens (including phenoxy) is 1. The smallest absolute Gasteiger partial charge is 0.302 e. The normalized spacial score (nSPS) is 20.1. The van der Waals surface area contributed by atoms with Gasteiger partial charge in [-0.15, -0.1) is 0 Å². The van der Waals surface area contributed by atoms with E-state index in [1.165, 1.54) is 64.7 Å². The van der Waals surface area contributed by atoms with E-state index in [0.29, 0.717) is 12.5 Å². The lowest BCUT2D eigenvalue weighted by Crippen LogP contribution is -2.07. The number of aliphatic hydroxyl groups excluding tert-OH is 1. The largest absolute Gasteiger partial charge is 0.466 e. The van der Waals surface area contributed by atoms with E-state index in [2.05, 4.69) is 31.2 Å². The highest BCUT2D eigenvalue weighted by atomic mass is 16.5. The molecule has 1 aliphatic rings. The van der Waals surface area contributed by atoms with E-state index < -0.39 is 0 Å². The molecule has 0 radical (unpaired) electrons. The maximum absolute atomic E-state index is 10.7. The molecule has 3 atom stereocenters. The standard InChI is InChI=1S/C25H44O3/c1-3-4-5-11-19-25(27)20-14-18-24-17-13-16-23(24)15-10-8-6-7-9-12-21-28-22(2)26/h13-14,17-18,23-25,27H,3-12,15-16,19-21H2,1-2H3/b18-14+/t23-,24+,25?/m0/s1. The summed E-state index contributed by atoms with van der Waals surface area (Å²) in [6.45, 7) is 4.26. The number of hydrogen-bond acceptors (Lipinski definition) is 3. The highest BCUT2D eigenvalue weighted by molar-refractivity contribution is 5.65. The number of rotatable bonds is 17. The van der Waals surface area contributed by atoms with Gasteiger partial charge in [-0.3, -0.25) is 4.79 Å². The summed E-state index contributed by atoms with van der Waals surface area (Å²) in [7, 11) is 0. The van der Waals surface area contributed by atoms with Gasteiger partial charge in [0.2, 0.25) is 0 Å². The van der Waals surface area contributed by atoms with Crippen LogP contribution in [0.15, 0.2) is 24.3 Å². The van der Waals surface area contributed by atoms with Crippen molar-refractivity contribution in [3.63, 3.8) is 0 Å². The van der Waals surface area contributed by atoms with Crippen molar-refractivity contribution >= 4 is 5.97 Å². The van der Waals surface area contributed by atoms with Gasteiger partial charge in [-0.05, 0) is 43.9 Å². The highest BCUT2D eigenvalue weighted by Gasteiger charge is 2.19. The average molecular weight is 393 g/mol. The molecule has 0 spiro atoms. The Balaban J connectivity index is 2.04. The molecule has 0 saturated heterocycles. The number of carbonyl (C=O) groups excluding carboxylic acids is 1. The fraction of sp³-hybridized carbons (Fsp3) is 0.800. The van der Waals surface area contributed by atoms with E-state index in [0.717, 1.165) is 38.0 Å². The van der Waals surface area contributed by atoms with Crippen LogP contribution in [-0.4, -0.2) is 23.8 Å². The Morgan fingerprint density at radius 1 is 1.11 bits per heavy atom. The van der Waals surface area contributed by atoms with Crippen LogP contribution in [0.4, 0.5) is 0 Å². The summed E-state index contributed by atoms with van der Waals surface area (Å²) in [6.07, 6.45) is 25.5. The molecule has 1 unspecified atom stereocenters. The predicted molar refractivity (Wildman–Crippen MR) is 118 cm³/mol. The molecule has 0 bridgehead atoms. The van der Waals surface area contributed by atoms with Gasteiger partial charge in [0.05, 0.1) is 12.7 Å². The third-order valence-corrected chi connectivity index (χ3v) is 5.77. The molecule has 0 aromatic rings. The van der Waals surface area contributed by atoms with Crippen molar-refractivity contribution in [3.8, 4) is 0 Å². The molecule has 28 heavy (non-hydrogen) atoms. The Kier molecular flexibility index (Phi) is 15.0. The second-order valence-corrected chi connectivity index (χ2v) is 8.42. The van der Waals surface area contributed by atoms with Crippen molar-refractivity contribution in [2.24, 2.45) is 11.8 Å². The molecular weight excluding hydrogens is 348 g/mol. The Morgan fingerprint density at radius 3 is 2.57 bits per heavy atom. The number of aliphatic hydroxyl groups is 1. The third kappa shape index (κ3) is 13.1. The average Bonchev–Trinajstić information content (AvgIpc) is 3.11. The molecule has 162 valence electrons. The van der Waals surface area contributed by atoms with Crippen molar-refractivity contribution in [1.29, 1.82) is 0 Å². The lowest BCUT2D eigenvalue weighted by atomic mass is 9.89. The van der Waals surface area contributed by atoms with Gasteiger partial charge in [0.15, 0.2) is 0 Å². The molecular formula is C25H44O3. The Morgan fingerprint density at radius 2 is 1.82 bits per heavy atom. The van der Waals surface area contributed by atoms with Crippen molar-refractivity contribution in [1.82, 2.24) is 0 Å². The molecule has 3 nitrogen and oxygen atoms in total. The van der Waals surface area contributed by atoms with Crippen LogP contribution in [0.1, 0.15) is 104 Å². The minimum Gasteiger partial charge on any atom is -0.466 e. The summed E-state index contributed by atoms with van der Waals surface area (Å²) in [6, 6.07) is 0. The second kappa shape index (κ2) is 16.8. The summed E-state index contributed by atoms with van der Waals surface area (Å²) in [5.41, 5.74) is 0. The monoisotopic (exact) mass is 392 g/mol. The van der Waals surface area contributed by atoms with E-state index in [1.54, 1.807) is 0 Å². The molecule has 0 heterocycles. The number of unbranched alkanes of at least 4 members (excludes halogenated alkanes) is 8. The first-order valence-electron chi connectivity index (χ1n) is 11.8. The number of carbonyl (C=O) groups is 1. The van der Waals surface area contributed by atoms with Crippen LogP contribution < -0.4 is 0 Å². The zero-order chi connectivity index (χ0) is 20.5. The molecule has 0 aromatic carbocycles.